The van der Waals surface area contributed by atoms with Crippen molar-refractivity contribution in [3.63, 3.8) is 0 Å². The molecule has 0 atom stereocenters. The van der Waals surface area contributed by atoms with Crippen molar-refractivity contribution in [3.05, 3.63) is 41.1 Å². The minimum atomic E-state index is -0.318. The number of nitriles is 3. The Kier molecular flexibility index (Phi) is 6.12. The molecule has 0 saturated carbocycles. The Balaban J connectivity index is 2.26. The fourth-order valence-electron chi connectivity index (χ4n) is 2.63. The SMILES string of the molecule is CCN1CCN(C(=O)c2ccccc2NC(C#N)=C(C#N)C#N)CC1. The summed E-state index contributed by atoms with van der Waals surface area (Å²) < 4.78 is 0. The van der Waals surface area contributed by atoms with Crippen LogP contribution >= 0.6 is 0 Å². The van der Waals surface area contributed by atoms with Crippen molar-refractivity contribution in [2.75, 3.05) is 38.0 Å². The van der Waals surface area contributed by atoms with Gasteiger partial charge in [0.2, 0.25) is 0 Å². The van der Waals surface area contributed by atoms with E-state index in [1.165, 1.54) is 0 Å². The fraction of sp³-hybridized carbons (Fsp3) is 0.333. The van der Waals surface area contributed by atoms with Gasteiger partial charge in [-0.05, 0) is 18.7 Å². The van der Waals surface area contributed by atoms with Crippen molar-refractivity contribution in [2.24, 2.45) is 0 Å². The van der Waals surface area contributed by atoms with Crippen LogP contribution in [0.25, 0.3) is 0 Å². The van der Waals surface area contributed by atoms with E-state index < -0.39 is 0 Å². The molecule has 25 heavy (non-hydrogen) atoms. The number of carbonyl (C=O) groups is 1. The van der Waals surface area contributed by atoms with E-state index in [2.05, 4.69) is 17.1 Å². The van der Waals surface area contributed by atoms with Crippen LogP contribution in [0.15, 0.2) is 35.5 Å². The molecule has 7 heteroatoms. The summed E-state index contributed by atoms with van der Waals surface area (Å²) in [6, 6.07) is 12.0. The fourth-order valence-corrected chi connectivity index (χ4v) is 2.63. The highest BCUT2D eigenvalue weighted by Gasteiger charge is 2.23. The number of rotatable bonds is 4. The Hall–Kier alpha value is -3.34. The molecule has 1 aliphatic heterocycles. The smallest absolute Gasteiger partial charge is 0.256 e. The molecule has 1 N–H and O–H groups in total. The van der Waals surface area contributed by atoms with Gasteiger partial charge in [-0.25, -0.2) is 0 Å². The van der Waals surface area contributed by atoms with E-state index in [0.717, 1.165) is 19.6 Å². The summed E-state index contributed by atoms with van der Waals surface area (Å²) in [5.74, 6) is -0.133. The summed E-state index contributed by atoms with van der Waals surface area (Å²) in [4.78, 5) is 16.9. The molecule has 1 aromatic rings. The first-order valence-electron chi connectivity index (χ1n) is 7.96. The van der Waals surface area contributed by atoms with Crippen LogP contribution in [-0.2, 0) is 0 Å². The van der Waals surface area contributed by atoms with E-state index in [1.807, 2.05) is 0 Å². The third kappa shape index (κ3) is 4.14. The predicted octanol–water partition coefficient (Wildman–Crippen LogP) is 1.70. The number of nitrogens with one attached hydrogen (secondary N) is 1. The van der Waals surface area contributed by atoms with Crippen molar-refractivity contribution >= 4 is 11.6 Å². The van der Waals surface area contributed by atoms with E-state index in [4.69, 9.17) is 10.5 Å². The summed E-state index contributed by atoms with van der Waals surface area (Å²) >= 11 is 0. The minimum absolute atomic E-state index is 0.133. The molecule has 0 aliphatic carbocycles. The first-order valence-corrected chi connectivity index (χ1v) is 7.96. The van der Waals surface area contributed by atoms with Gasteiger partial charge in [-0.15, -0.1) is 0 Å². The molecule has 1 amide bonds. The number of nitrogens with zero attached hydrogens (tertiary/aromatic N) is 5. The largest absolute Gasteiger partial charge is 0.344 e. The number of piperazine rings is 1. The van der Waals surface area contributed by atoms with Crippen LogP contribution in [0.5, 0.6) is 0 Å². The van der Waals surface area contributed by atoms with Gasteiger partial charge in [0.15, 0.2) is 5.57 Å². The lowest BCUT2D eigenvalue weighted by molar-refractivity contribution is 0.0644. The molecule has 0 spiro atoms. The lowest BCUT2D eigenvalue weighted by atomic mass is 10.1. The zero-order chi connectivity index (χ0) is 18.2. The van der Waals surface area contributed by atoms with Gasteiger partial charge in [0.25, 0.3) is 5.91 Å². The maximum Gasteiger partial charge on any atom is 0.256 e. The normalized spacial score (nSPS) is 13.9. The van der Waals surface area contributed by atoms with Gasteiger partial charge in [0.05, 0.1) is 11.3 Å². The van der Waals surface area contributed by atoms with Gasteiger partial charge in [-0.3, -0.25) is 4.79 Å². The van der Waals surface area contributed by atoms with E-state index in [-0.39, 0.29) is 17.2 Å². The van der Waals surface area contributed by atoms with E-state index in [0.29, 0.717) is 24.3 Å². The maximum atomic E-state index is 12.8. The number of para-hydroxylation sites is 1. The van der Waals surface area contributed by atoms with Crippen molar-refractivity contribution in [1.29, 1.82) is 15.8 Å². The molecule has 0 aromatic heterocycles. The third-order valence-corrected chi connectivity index (χ3v) is 4.11. The number of anilines is 1. The van der Waals surface area contributed by atoms with Gasteiger partial charge in [-0.1, -0.05) is 19.1 Å². The number of hydrogen-bond donors (Lipinski definition) is 1. The third-order valence-electron chi connectivity index (χ3n) is 4.11. The number of hydrogen-bond acceptors (Lipinski definition) is 6. The van der Waals surface area contributed by atoms with Crippen molar-refractivity contribution in [1.82, 2.24) is 9.80 Å². The van der Waals surface area contributed by atoms with Crippen molar-refractivity contribution in [2.45, 2.75) is 6.92 Å². The van der Waals surface area contributed by atoms with Crippen LogP contribution in [0, 0.1) is 34.0 Å². The molecular formula is C18H18N6O. The maximum absolute atomic E-state index is 12.8. The van der Waals surface area contributed by atoms with Crippen molar-refractivity contribution < 1.29 is 4.79 Å². The molecule has 0 unspecified atom stereocenters. The molecule has 1 fully saturated rings. The Bertz CT molecular complexity index is 784. The zero-order valence-electron chi connectivity index (χ0n) is 14.0. The Labute approximate surface area is 147 Å². The average Bonchev–Trinajstić information content (AvgIpc) is 2.68. The molecule has 1 saturated heterocycles. The van der Waals surface area contributed by atoms with Gasteiger partial charge in [0.1, 0.15) is 23.9 Å². The van der Waals surface area contributed by atoms with Crippen LogP contribution in [0.3, 0.4) is 0 Å². The second-order valence-corrected chi connectivity index (χ2v) is 5.48. The minimum Gasteiger partial charge on any atom is -0.344 e. The van der Waals surface area contributed by atoms with Gasteiger partial charge in [-0.2, -0.15) is 15.8 Å². The van der Waals surface area contributed by atoms with Crippen LogP contribution in [0.4, 0.5) is 5.69 Å². The molecule has 1 aliphatic rings. The zero-order valence-corrected chi connectivity index (χ0v) is 14.0. The second-order valence-electron chi connectivity index (χ2n) is 5.48. The number of benzene rings is 1. The van der Waals surface area contributed by atoms with Crippen LogP contribution in [0.1, 0.15) is 17.3 Å². The van der Waals surface area contributed by atoms with Crippen LogP contribution in [-0.4, -0.2) is 48.4 Å². The molecular weight excluding hydrogens is 316 g/mol. The Morgan fingerprint density at radius 2 is 1.72 bits per heavy atom. The molecule has 1 heterocycles. The first kappa shape index (κ1) is 18.0. The number of carbonyl (C=O) groups excluding carboxylic acids is 1. The lowest BCUT2D eigenvalue weighted by Crippen LogP contribution is -2.48. The number of amides is 1. The number of allylic oxidation sites excluding steroid dienone is 2. The molecule has 126 valence electrons. The van der Waals surface area contributed by atoms with E-state index >= 15 is 0 Å². The summed E-state index contributed by atoms with van der Waals surface area (Å²) in [5, 5.41) is 29.8. The highest BCUT2D eigenvalue weighted by Crippen LogP contribution is 2.20. The summed E-state index contributed by atoms with van der Waals surface area (Å²) in [5.41, 5.74) is 0.336. The molecule has 0 radical (unpaired) electrons. The molecule has 0 bridgehead atoms. The van der Waals surface area contributed by atoms with Crippen LogP contribution in [0.2, 0.25) is 0 Å². The topological polar surface area (TPSA) is 107 Å². The summed E-state index contributed by atoms with van der Waals surface area (Å²) in [6.07, 6.45) is 0. The molecule has 7 nitrogen and oxygen atoms in total. The lowest BCUT2D eigenvalue weighted by Gasteiger charge is -2.34. The second kappa shape index (κ2) is 8.49. The Morgan fingerprint density at radius 3 is 2.28 bits per heavy atom. The van der Waals surface area contributed by atoms with Gasteiger partial charge < -0.3 is 15.1 Å². The first-order chi connectivity index (χ1) is 12.1. The van der Waals surface area contributed by atoms with Gasteiger partial charge >= 0.3 is 0 Å². The highest BCUT2D eigenvalue weighted by atomic mass is 16.2. The summed E-state index contributed by atoms with van der Waals surface area (Å²) in [6.45, 7) is 5.99. The highest BCUT2D eigenvalue weighted by molar-refractivity contribution is 6.00. The standard InChI is InChI=1S/C18H18N6O/c1-2-23-7-9-24(10-8-23)18(25)15-5-3-4-6-16(15)22-17(13-21)14(11-19)12-20/h3-6,22H,2,7-10H2,1H3. The molecule has 1 aromatic carbocycles. The van der Waals surface area contributed by atoms with Crippen LogP contribution < -0.4 is 5.32 Å². The Morgan fingerprint density at radius 1 is 1.08 bits per heavy atom. The van der Waals surface area contributed by atoms with Gasteiger partial charge in [0, 0.05) is 26.2 Å². The predicted molar refractivity (Wildman–Crippen MR) is 91.9 cm³/mol. The van der Waals surface area contributed by atoms with E-state index in [1.54, 1.807) is 47.4 Å². The monoisotopic (exact) mass is 334 g/mol. The van der Waals surface area contributed by atoms with Crippen molar-refractivity contribution in [3.8, 4) is 18.2 Å². The average molecular weight is 334 g/mol. The molecule has 2 rings (SSSR count). The number of likely N-dealkylation sites (N-methyl/N-ethyl adjacent to an activating group) is 1. The summed E-state index contributed by atoms with van der Waals surface area (Å²) in [7, 11) is 0. The quantitative estimate of drug-likeness (QED) is 0.840. The van der Waals surface area contributed by atoms with E-state index in [9.17, 15) is 10.1 Å².